The van der Waals surface area contributed by atoms with E-state index in [1.54, 1.807) is 7.05 Å². The van der Waals surface area contributed by atoms with E-state index in [9.17, 15) is 9.18 Å². The van der Waals surface area contributed by atoms with Gasteiger partial charge in [0.15, 0.2) is 0 Å². The molecule has 0 aliphatic heterocycles. The Morgan fingerprint density at radius 3 is 2.81 bits per heavy atom. The molecule has 0 bridgehead atoms. The van der Waals surface area contributed by atoms with Crippen molar-refractivity contribution in [2.75, 3.05) is 18.9 Å². The van der Waals surface area contributed by atoms with Crippen LogP contribution in [0.1, 0.15) is 6.42 Å². The zero-order valence-electron chi connectivity index (χ0n) is 8.61. The predicted octanol–water partition coefficient (Wildman–Crippen LogP) is 2.79. The summed E-state index contributed by atoms with van der Waals surface area (Å²) in [7, 11) is 1.57. The van der Waals surface area contributed by atoms with Crippen molar-refractivity contribution in [1.29, 1.82) is 0 Å². The van der Waals surface area contributed by atoms with Crippen molar-refractivity contribution in [3.8, 4) is 0 Å². The SMILES string of the molecule is CNC(=O)CCNc1c(Cl)cc(F)cc1Br. The molecular weight excluding hydrogens is 298 g/mol. The number of amides is 1. The molecule has 0 unspecified atom stereocenters. The minimum absolute atomic E-state index is 0.0677. The van der Waals surface area contributed by atoms with Gasteiger partial charge in [-0.3, -0.25) is 4.79 Å². The number of nitrogens with one attached hydrogen (secondary N) is 2. The van der Waals surface area contributed by atoms with E-state index in [2.05, 4.69) is 26.6 Å². The van der Waals surface area contributed by atoms with Crippen molar-refractivity contribution in [3.05, 3.63) is 27.4 Å². The summed E-state index contributed by atoms with van der Waals surface area (Å²) < 4.78 is 13.4. The van der Waals surface area contributed by atoms with Crippen LogP contribution in [0.3, 0.4) is 0 Å². The lowest BCUT2D eigenvalue weighted by atomic mass is 10.3. The van der Waals surface area contributed by atoms with Crippen molar-refractivity contribution in [3.63, 3.8) is 0 Å². The third-order valence-electron chi connectivity index (χ3n) is 1.94. The Morgan fingerprint density at radius 1 is 1.56 bits per heavy atom. The summed E-state index contributed by atoms with van der Waals surface area (Å²) in [6.07, 6.45) is 0.330. The first-order valence-electron chi connectivity index (χ1n) is 4.63. The topological polar surface area (TPSA) is 41.1 Å². The molecule has 6 heteroatoms. The Bertz CT molecular complexity index is 377. The van der Waals surface area contributed by atoms with Gasteiger partial charge in [-0.05, 0) is 28.1 Å². The van der Waals surface area contributed by atoms with Gasteiger partial charge in [0.25, 0.3) is 0 Å². The fourth-order valence-corrected chi connectivity index (χ4v) is 2.10. The third kappa shape index (κ3) is 3.64. The highest BCUT2D eigenvalue weighted by molar-refractivity contribution is 9.10. The van der Waals surface area contributed by atoms with E-state index in [0.717, 1.165) is 0 Å². The molecule has 1 aromatic carbocycles. The third-order valence-corrected chi connectivity index (χ3v) is 2.86. The smallest absolute Gasteiger partial charge is 0.221 e. The van der Waals surface area contributed by atoms with Gasteiger partial charge in [0.1, 0.15) is 5.82 Å². The van der Waals surface area contributed by atoms with Crippen molar-refractivity contribution in [2.24, 2.45) is 0 Å². The van der Waals surface area contributed by atoms with Crippen LogP contribution in [0.15, 0.2) is 16.6 Å². The highest BCUT2D eigenvalue weighted by atomic mass is 79.9. The van der Waals surface area contributed by atoms with Crippen LogP contribution >= 0.6 is 27.5 Å². The van der Waals surface area contributed by atoms with Crippen molar-refractivity contribution in [1.82, 2.24) is 5.32 Å². The molecule has 2 N–H and O–H groups in total. The van der Waals surface area contributed by atoms with Crippen molar-refractivity contribution >= 4 is 39.1 Å². The summed E-state index contributed by atoms with van der Waals surface area (Å²) >= 11 is 9.05. The standard InChI is InChI=1S/C10H11BrClFN2O/c1-14-9(16)2-3-15-10-7(11)4-6(13)5-8(10)12/h4-5,15H,2-3H2,1H3,(H,14,16). The lowest BCUT2D eigenvalue weighted by molar-refractivity contribution is -0.120. The predicted molar refractivity (Wildman–Crippen MR) is 66.3 cm³/mol. The van der Waals surface area contributed by atoms with Gasteiger partial charge in [0.2, 0.25) is 5.91 Å². The number of benzene rings is 1. The van der Waals surface area contributed by atoms with Crippen molar-refractivity contribution in [2.45, 2.75) is 6.42 Å². The maximum Gasteiger partial charge on any atom is 0.221 e. The fourth-order valence-electron chi connectivity index (χ4n) is 1.14. The molecule has 1 amide bonds. The van der Waals surface area contributed by atoms with Crippen LogP contribution in [-0.4, -0.2) is 19.5 Å². The van der Waals surface area contributed by atoms with Crippen LogP contribution < -0.4 is 10.6 Å². The van der Waals surface area contributed by atoms with Crippen LogP contribution in [0.4, 0.5) is 10.1 Å². The number of carbonyl (C=O) groups is 1. The summed E-state index contributed by atoms with van der Waals surface area (Å²) in [4.78, 5) is 11.0. The molecule has 0 radical (unpaired) electrons. The van der Waals surface area contributed by atoms with E-state index in [1.165, 1.54) is 12.1 Å². The number of rotatable bonds is 4. The van der Waals surface area contributed by atoms with Gasteiger partial charge in [-0.25, -0.2) is 4.39 Å². The van der Waals surface area contributed by atoms with Crippen LogP contribution in [-0.2, 0) is 4.79 Å². The first kappa shape index (κ1) is 13.3. The molecule has 0 saturated heterocycles. The van der Waals surface area contributed by atoms with Crippen molar-refractivity contribution < 1.29 is 9.18 Å². The van der Waals surface area contributed by atoms with E-state index in [4.69, 9.17) is 11.6 Å². The zero-order valence-corrected chi connectivity index (χ0v) is 11.0. The average Bonchev–Trinajstić information content (AvgIpc) is 2.21. The number of anilines is 1. The first-order chi connectivity index (χ1) is 7.54. The summed E-state index contributed by atoms with van der Waals surface area (Å²) in [5.74, 6) is -0.476. The maximum atomic E-state index is 12.9. The molecule has 1 rings (SSSR count). The second-order valence-corrected chi connectivity index (χ2v) is 4.36. The van der Waals surface area contributed by atoms with Gasteiger partial charge in [0, 0.05) is 24.5 Å². The number of carbonyl (C=O) groups excluding carboxylic acids is 1. The molecule has 0 saturated carbocycles. The van der Waals surface area contributed by atoms with Crippen LogP contribution in [0.25, 0.3) is 0 Å². The van der Waals surface area contributed by atoms with E-state index in [-0.39, 0.29) is 10.9 Å². The molecule has 0 fully saturated rings. The van der Waals surface area contributed by atoms with Gasteiger partial charge < -0.3 is 10.6 Å². The molecule has 0 aliphatic carbocycles. The van der Waals surface area contributed by atoms with Crippen LogP contribution in [0.2, 0.25) is 5.02 Å². The minimum atomic E-state index is -0.409. The van der Waals surface area contributed by atoms with Crippen LogP contribution in [0, 0.1) is 5.82 Å². The summed E-state index contributed by atoms with van der Waals surface area (Å²) in [5, 5.41) is 5.75. The summed E-state index contributed by atoms with van der Waals surface area (Å²) in [6.45, 7) is 0.434. The van der Waals surface area contributed by atoms with E-state index < -0.39 is 5.82 Å². The lowest BCUT2D eigenvalue weighted by Gasteiger charge is -2.10. The number of hydrogen-bond donors (Lipinski definition) is 2. The minimum Gasteiger partial charge on any atom is -0.382 e. The summed E-state index contributed by atoms with van der Waals surface area (Å²) in [6, 6.07) is 2.53. The quantitative estimate of drug-likeness (QED) is 0.898. The molecular formula is C10H11BrClFN2O. The van der Waals surface area contributed by atoms with Crippen LogP contribution in [0.5, 0.6) is 0 Å². The second-order valence-electron chi connectivity index (χ2n) is 3.09. The lowest BCUT2D eigenvalue weighted by Crippen LogP contribution is -2.20. The number of halogens is 3. The highest BCUT2D eigenvalue weighted by Crippen LogP contribution is 2.31. The van der Waals surface area contributed by atoms with E-state index >= 15 is 0 Å². The van der Waals surface area contributed by atoms with Gasteiger partial charge in [-0.15, -0.1) is 0 Å². The first-order valence-corrected chi connectivity index (χ1v) is 5.80. The molecule has 88 valence electrons. The Hall–Kier alpha value is -0.810. The Labute approximate surface area is 106 Å². The monoisotopic (exact) mass is 308 g/mol. The maximum absolute atomic E-state index is 12.9. The number of hydrogen-bond acceptors (Lipinski definition) is 2. The molecule has 0 atom stereocenters. The van der Waals surface area contributed by atoms with Gasteiger partial charge in [-0.2, -0.15) is 0 Å². The average molecular weight is 310 g/mol. The van der Waals surface area contributed by atoms with E-state index in [1.807, 2.05) is 0 Å². The molecule has 0 aliphatic rings. The Balaban J connectivity index is 2.64. The van der Waals surface area contributed by atoms with E-state index in [0.29, 0.717) is 23.1 Å². The molecule has 0 heterocycles. The normalized spacial score (nSPS) is 10.0. The molecule has 3 nitrogen and oxygen atoms in total. The largest absolute Gasteiger partial charge is 0.382 e. The zero-order chi connectivity index (χ0) is 12.1. The molecule has 0 spiro atoms. The Morgan fingerprint density at radius 2 is 2.25 bits per heavy atom. The highest BCUT2D eigenvalue weighted by Gasteiger charge is 2.08. The molecule has 16 heavy (non-hydrogen) atoms. The summed E-state index contributed by atoms with van der Waals surface area (Å²) in [5.41, 5.74) is 0.590. The van der Waals surface area contributed by atoms with Gasteiger partial charge in [0.05, 0.1) is 10.7 Å². The Kier molecular flexibility index (Phi) is 5.02. The fraction of sp³-hybridized carbons (Fsp3) is 0.300. The van der Waals surface area contributed by atoms with Gasteiger partial charge >= 0.3 is 0 Å². The van der Waals surface area contributed by atoms with Gasteiger partial charge in [-0.1, -0.05) is 11.6 Å². The molecule has 0 aromatic heterocycles. The second kappa shape index (κ2) is 6.06. The molecule has 1 aromatic rings.